The fraction of sp³-hybridized carbons (Fsp3) is 0.636. The number of nitrogens with zero attached hydrogens (tertiary/aromatic N) is 1. The first-order valence-corrected chi connectivity index (χ1v) is 6.65. The highest BCUT2D eigenvalue weighted by Gasteiger charge is 2.11. The van der Waals surface area contributed by atoms with Crippen molar-refractivity contribution in [2.75, 3.05) is 18.4 Å². The Morgan fingerprint density at radius 3 is 3.00 bits per heavy atom. The SMILES string of the molecule is CCCC(O)CNC(=O)c1cnc(NCC)s1. The van der Waals surface area contributed by atoms with Crippen molar-refractivity contribution in [3.8, 4) is 0 Å². The number of aromatic nitrogens is 1. The number of aliphatic hydroxyl groups excluding tert-OH is 1. The Hall–Kier alpha value is -1.14. The Kier molecular flexibility index (Phi) is 5.93. The highest BCUT2D eigenvalue weighted by atomic mass is 32.1. The molecule has 0 aromatic carbocycles. The summed E-state index contributed by atoms with van der Waals surface area (Å²) in [6.45, 7) is 5.05. The van der Waals surface area contributed by atoms with Gasteiger partial charge in [0.1, 0.15) is 4.88 Å². The monoisotopic (exact) mass is 257 g/mol. The van der Waals surface area contributed by atoms with Crippen molar-refractivity contribution in [3.05, 3.63) is 11.1 Å². The molecule has 3 N–H and O–H groups in total. The maximum Gasteiger partial charge on any atom is 0.263 e. The van der Waals surface area contributed by atoms with Gasteiger partial charge in [-0.25, -0.2) is 4.98 Å². The summed E-state index contributed by atoms with van der Waals surface area (Å²) < 4.78 is 0. The molecule has 1 atom stereocenters. The Bertz CT molecular complexity index is 354. The molecular weight excluding hydrogens is 238 g/mol. The molecule has 17 heavy (non-hydrogen) atoms. The lowest BCUT2D eigenvalue weighted by atomic mass is 10.2. The minimum absolute atomic E-state index is 0.179. The van der Waals surface area contributed by atoms with Gasteiger partial charge in [-0.15, -0.1) is 0 Å². The molecule has 0 saturated heterocycles. The van der Waals surface area contributed by atoms with E-state index < -0.39 is 6.10 Å². The number of thiazole rings is 1. The van der Waals surface area contributed by atoms with E-state index in [4.69, 9.17) is 0 Å². The van der Waals surface area contributed by atoms with Crippen LogP contribution in [0.3, 0.4) is 0 Å². The molecule has 1 heterocycles. The summed E-state index contributed by atoms with van der Waals surface area (Å²) in [6, 6.07) is 0. The topological polar surface area (TPSA) is 74.2 Å². The molecule has 0 radical (unpaired) electrons. The minimum Gasteiger partial charge on any atom is -0.391 e. The van der Waals surface area contributed by atoms with Crippen molar-refractivity contribution in [3.63, 3.8) is 0 Å². The number of hydrogen-bond donors (Lipinski definition) is 3. The van der Waals surface area contributed by atoms with Crippen LogP contribution in [-0.2, 0) is 0 Å². The first kappa shape index (κ1) is 13.9. The summed E-state index contributed by atoms with van der Waals surface area (Å²) in [5.41, 5.74) is 0. The van der Waals surface area contributed by atoms with E-state index in [1.165, 1.54) is 11.3 Å². The molecule has 0 spiro atoms. The minimum atomic E-state index is -0.467. The van der Waals surface area contributed by atoms with Gasteiger partial charge in [0.25, 0.3) is 5.91 Å². The van der Waals surface area contributed by atoms with E-state index in [9.17, 15) is 9.90 Å². The summed E-state index contributed by atoms with van der Waals surface area (Å²) in [5.74, 6) is -0.179. The van der Waals surface area contributed by atoms with Crippen LogP contribution in [0.2, 0.25) is 0 Å². The molecule has 1 aromatic heterocycles. The second kappa shape index (κ2) is 7.24. The van der Waals surface area contributed by atoms with Gasteiger partial charge in [-0.2, -0.15) is 0 Å². The molecule has 1 amide bonds. The highest BCUT2D eigenvalue weighted by molar-refractivity contribution is 7.17. The Morgan fingerprint density at radius 1 is 1.59 bits per heavy atom. The van der Waals surface area contributed by atoms with Crippen LogP contribution in [0.1, 0.15) is 36.4 Å². The molecule has 0 fully saturated rings. The van der Waals surface area contributed by atoms with Gasteiger partial charge >= 0.3 is 0 Å². The van der Waals surface area contributed by atoms with Crippen LogP contribution >= 0.6 is 11.3 Å². The number of hydrogen-bond acceptors (Lipinski definition) is 5. The van der Waals surface area contributed by atoms with E-state index in [1.807, 2.05) is 13.8 Å². The van der Waals surface area contributed by atoms with E-state index in [1.54, 1.807) is 6.20 Å². The zero-order chi connectivity index (χ0) is 12.7. The molecule has 1 aromatic rings. The van der Waals surface area contributed by atoms with Crippen LogP contribution in [0.25, 0.3) is 0 Å². The van der Waals surface area contributed by atoms with Crippen molar-refractivity contribution in [2.24, 2.45) is 0 Å². The molecular formula is C11H19N3O2S. The molecule has 0 aliphatic carbocycles. The smallest absolute Gasteiger partial charge is 0.263 e. The van der Waals surface area contributed by atoms with E-state index in [0.29, 0.717) is 17.8 Å². The summed E-state index contributed by atoms with van der Waals surface area (Å²) in [7, 11) is 0. The molecule has 6 heteroatoms. The fourth-order valence-corrected chi connectivity index (χ4v) is 2.15. The lowest BCUT2D eigenvalue weighted by Gasteiger charge is -2.09. The van der Waals surface area contributed by atoms with Gasteiger partial charge in [0, 0.05) is 13.1 Å². The number of rotatable bonds is 7. The summed E-state index contributed by atoms with van der Waals surface area (Å²) in [5, 5.41) is 16.0. The summed E-state index contributed by atoms with van der Waals surface area (Å²) in [4.78, 5) is 16.3. The largest absolute Gasteiger partial charge is 0.391 e. The van der Waals surface area contributed by atoms with Crippen LogP contribution in [0, 0.1) is 0 Å². The maximum atomic E-state index is 11.7. The first-order valence-electron chi connectivity index (χ1n) is 5.83. The zero-order valence-electron chi connectivity index (χ0n) is 10.2. The van der Waals surface area contributed by atoms with Gasteiger partial charge in [-0.3, -0.25) is 4.79 Å². The van der Waals surface area contributed by atoms with Crippen LogP contribution in [0.5, 0.6) is 0 Å². The number of amides is 1. The van der Waals surface area contributed by atoms with Crippen molar-refractivity contribution in [1.82, 2.24) is 10.3 Å². The molecule has 0 aliphatic rings. The maximum absolute atomic E-state index is 11.7. The van der Waals surface area contributed by atoms with E-state index in [-0.39, 0.29) is 5.91 Å². The standard InChI is InChI=1S/C11H19N3O2S/c1-3-5-8(15)6-13-10(16)9-7-14-11(17-9)12-4-2/h7-8,15H,3-6H2,1-2H3,(H,12,14)(H,13,16). The number of carbonyl (C=O) groups is 1. The number of anilines is 1. The third-order valence-electron chi connectivity index (χ3n) is 2.18. The number of nitrogens with one attached hydrogen (secondary N) is 2. The summed E-state index contributed by atoms with van der Waals surface area (Å²) >= 11 is 1.31. The molecule has 0 saturated carbocycles. The second-order valence-electron chi connectivity index (χ2n) is 3.71. The Balaban J connectivity index is 2.40. The second-order valence-corrected chi connectivity index (χ2v) is 4.74. The van der Waals surface area contributed by atoms with Crippen molar-refractivity contribution in [1.29, 1.82) is 0 Å². The van der Waals surface area contributed by atoms with E-state index in [0.717, 1.165) is 18.1 Å². The zero-order valence-corrected chi connectivity index (χ0v) is 11.0. The van der Waals surface area contributed by atoms with Crippen LogP contribution in [0.4, 0.5) is 5.13 Å². The average molecular weight is 257 g/mol. The predicted octanol–water partition coefficient (Wildman–Crippen LogP) is 1.47. The van der Waals surface area contributed by atoms with Gasteiger partial charge < -0.3 is 15.7 Å². The van der Waals surface area contributed by atoms with Crippen LogP contribution in [0.15, 0.2) is 6.20 Å². The highest BCUT2D eigenvalue weighted by Crippen LogP contribution is 2.17. The number of carbonyl (C=O) groups excluding carboxylic acids is 1. The van der Waals surface area contributed by atoms with Gasteiger partial charge in [0.15, 0.2) is 5.13 Å². The Labute approximate surface area is 105 Å². The van der Waals surface area contributed by atoms with Crippen molar-refractivity contribution < 1.29 is 9.90 Å². The van der Waals surface area contributed by atoms with Gasteiger partial charge in [0.2, 0.25) is 0 Å². The molecule has 5 nitrogen and oxygen atoms in total. The predicted molar refractivity (Wildman–Crippen MR) is 69.5 cm³/mol. The van der Waals surface area contributed by atoms with Crippen molar-refractivity contribution in [2.45, 2.75) is 32.8 Å². The van der Waals surface area contributed by atoms with Crippen LogP contribution < -0.4 is 10.6 Å². The van der Waals surface area contributed by atoms with Gasteiger partial charge in [-0.1, -0.05) is 24.7 Å². The molecule has 1 rings (SSSR count). The summed E-state index contributed by atoms with van der Waals surface area (Å²) in [6.07, 6.45) is 2.68. The van der Waals surface area contributed by atoms with Gasteiger partial charge in [0.05, 0.1) is 12.3 Å². The van der Waals surface area contributed by atoms with Crippen LogP contribution in [-0.4, -0.2) is 35.2 Å². The van der Waals surface area contributed by atoms with Crippen molar-refractivity contribution >= 4 is 22.4 Å². The molecule has 96 valence electrons. The van der Waals surface area contributed by atoms with E-state index in [2.05, 4.69) is 15.6 Å². The molecule has 0 bridgehead atoms. The third kappa shape index (κ3) is 4.70. The quantitative estimate of drug-likeness (QED) is 0.691. The molecule has 0 aliphatic heterocycles. The third-order valence-corrected chi connectivity index (χ3v) is 3.13. The lowest BCUT2D eigenvalue weighted by molar-refractivity contribution is 0.0914. The average Bonchev–Trinajstić information content (AvgIpc) is 2.75. The number of aliphatic hydroxyl groups is 1. The first-order chi connectivity index (χ1) is 8.17. The lowest BCUT2D eigenvalue weighted by Crippen LogP contribution is -2.31. The fourth-order valence-electron chi connectivity index (χ4n) is 1.34. The van der Waals surface area contributed by atoms with Gasteiger partial charge in [-0.05, 0) is 13.3 Å². The van der Waals surface area contributed by atoms with E-state index >= 15 is 0 Å². The normalized spacial score (nSPS) is 12.2. The Morgan fingerprint density at radius 2 is 2.35 bits per heavy atom. The molecule has 1 unspecified atom stereocenters.